The second-order valence-electron chi connectivity index (χ2n) is 8.23. The van der Waals surface area contributed by atoms with Crippen molar-refractivity contribution in [2.45, 2.75) is 110 Å². The third-order valence-corrected chi connectivity index (χ3v) is 5.50. The summed E-state index contributed by atoms with van der Waals surface area (Å²) in [5.41, 5.74) is -2.79. The van der Waals surface area contributed by atoms with Crippen molar-refractivity contribution in [3.8, 4) is 0 Å². The molecule has 1 saturated heterocycles. The van der Waals surface area contributed by atoms with Crippen LogP contribution in [-0.4, -0.2) is 29.1 Å². The van der Waals surface area contributed by atoms with Gasteiger partial charge in [0.25, 0.3) is 0 Å². The molecule has 0 spiro atoms. The quantitative estimate of drug-likeness (QED) is 0.272. The number of aliphatic hydroxyl groups is 1. The fourth-order valence-electron chi connectivity index (χ4n) is 3.53. The number of rotatable bonds is 14. The molecule has 0 aromatic rings. The molecule has 0 bridgehead atoms. The Balaban J connectivity index is 2.05. The normalized spacial score (nSPS) is 22.2. The van der Waals surface area contributed by atoms with E-state index < -0.39 is 17.0 Å². The zero-order valence-electron chi connectivity index (χ0n) is 16.6. The molecular formula is C21H38O4. The van der Waals surface area contributed by atoms with Crippen LogP contribution in [0, 0.1) is 5.41 Å². The van der Waals surface area contributed by atoms with Gasteiger partial charge in [0, 0.05) is 11.8 Å². The van der Waals surface area contributed by atoms with E-state index in [1.165, 1.54) is 57.8 Å². The standard InChI is InChI=1S/C21H38O4/c1-4-5-6-7-8-9-10-11-12-13-14-15-16-18(22)21(24)19(23)25-17-20(21,2)3/h24H,4-17H2,1-3H3. The first-order chi connectivity index (χ1) is 11.9. The Bertz CT molecular complexity index is 416. The van der Waals surface area contributed by atoms with Gasteiger partial charge in [-0.25, -0.2) is 4.79 Å². The van der Waals surface area contributed by atoms with Crippen molar-refractivity contribution in [2.75, 3.05) is 6.61 Å². The van der Waals surface area contributed by atoms with E-state index >= 15 is 0 Å². The van der Waals surface area contributed by atoms with Crippen LogP contribution in [0.15, 0.2) is 0 Å². The lowest BCUT2D eigenvalue weighted by Crippen LogP contribution is -2.53. The van der Waals surface area contributed by atoms with Crippen LogP contribution < -0.4 is 0 Å². The molecule has 1 atom stereocenters. The predicted molar refractivity (Wildman–Crippen MR) is 100 cm³/mol. The summed E-state index contributed by atoms with van der Waals surface area (Å²) < 4.78 is 4.91. The number of carbonyl (C=O) groups excluding carboxylic acids is 2. The fraction of sp³-hybridized carbons (Fsp3) is 0.905. The molecule has 1 fully saturated rings. The second kappa shape index (κ2) is 10.9. The molecular weight excluding hydrogens is 316 g/mol. The zero-order valence-corrected chi connectivity index (χ0v) is 16.6. The van der Waals surface area contributed by atoms with Gasteiger partial charge in [0.1, 0.15) is 6.61 Å². The van der Waals surface area contributed by atoms with Crippen LogP contribution >= 0.6 is 0 Å². The molecule has 1 heterocycles. The molecule has 1 rings (SSSR count). The largest absolute Gasteiger partial charge is 0.462 e. The first-order valence-corrected chi connectivity index (χ1v) is 10.3. The van der Waals surface area contributed by atoms with Crippen molar-refractivity contribution < 1.29 is 19.4 Å². The van der Waals surface area contributed by atoms with Gasteiger partial charge in [-0.2, -0.15) is 0 Å². The maximum absolute atomic E-state index is 12.3. The molecule has 4 heteroatoms. The summed E-state index contributed by atoms with van der Waals surface area (Å²) in [5.74, 6) is -1.16. The van der Waals surface area contributed by atoms with Gasteiger partial charge < -0.3 is 9.84 Å². The SMILES string of the molecule is CCCCCCCCCCCCCCC(=O)C1(O)C(=O)OCC1(C)C. The molecule has 1 N–H and O–H groups in total. The molecule has 0 radical (unpaired) electrons. The smallest absolute Gasteiger partial charge is 0.346 e. The number of Topliss-reactive ketones (excluding diaryl/α,β-unsaturated/α-hetero) is 1. The Morgan fingerprint density at radius 3 is 1.76 bits per heavy atom. The molecule has 4 nitrogen and oxygen atoms in total. The number of unbranched alkanes of at least 4 members (excludes halogenated alkanes) is 11. The predicted octanol–water partition coefficient (Wildman–Crippen LogP) is 4.96. The lowest BCUT2D eigenvalue weighted by molar-refractivity contribution is -0.164. The number of hydrogen-bond donors (Lipinski definition) is 1. The van der Waals surface area contributed by atoms with Crippen molar-refractivity contribution in [3.63, 3.8) is 0 Å². The van der Waals surface area contributed by atoms with Gasteiger partial charge in [-0.3, -0.25) is 4.79 Å². The van der Waals surface area contributed by atoms with Gasteiger partial charge in [0.2, 0.25) is 5.60 Å². The van der Waals surface area contributed by atoms with Crippen molar-refractivity contribution in [2.24, 2.45) is 5.41 Å². The van der Waals surface area contributed by atoms with Gasteiger partial charge in [-0.15, -0.1) is 0 Å². The Morgan fingerprint density at radius 2 is 1.36 bits per heavy atom. The van der Waals surface area contributed by atoms with E-state index in [2.05, 4.69) is 6.92 Å². The summed E-state index contributed by atoms with van der Waals surface area (Å²) in [4.78, 5) is 24.1. The highest BCUT2D eigenvalue weighted by atomic mass is 16.6. The van der Waals surface area contributed by atoms with Crippen LogP contribution in [0.1, 0.15) is 104 Å². The van der Waals surface area contributed by atoms with Gasteiger partial charge in [-0.1, -0.05) is 91.4 Å². The molecule has 0 saturated carbocycles. The van der Waals surface area contributed by atoms with E-state index in [9.17, 15) is 14.7 Å². The Labute approximate surface area is 153 Å². The van der Waals surface area contributed by atoms with Crippen LogP contribution in [0.25, 0.3) is 0 Å². The minimum absolute atomic E-state index is 0.104. The molecule has 0 aliphatic carbocycles. The van der Waals surface area contributed by atoms with Crippen molar-refractivity contribution in [1.29, 1.82) is 0 Å². The van der Waals surface area contributed by atoms with Crippen LogP contribution in [0.5, 0.6) is 0 Å². The third kappa shape index (κ3) is 6.40. The summed E-state index contributed by atoms with van der Waals surface area (Å²) in [7, 11) is 0. The number of ketones is 1. The first kappa shape index (κ1) is 22.1. The Morgan fingerprint density at radius 1 is 0.920 bits per heavy atom. The highest BCUT2D eigenvalue weighted by Gasteiger charge is 2.61. The highest BCUT2D eigenvalue weighted by molar-refractivity contribution is 6.09. The molecule has 1 unspecified atom stereocenters. The van der Waals surface area contributed by atoms with Crippen LogP contribution in [0.2, 0.25) is 0 Å². The number of cyclic esters (lactones) is 1. The molecule has 25 heavy (non-hydrogen) atoms. The molecule has 1 aliphatic rings. The molecule has 1 aliphatic heterocycles. The van der Waals surface area contributed by atoms with Crippen LogP contribution in [-0.2, 0) is 14.3 Å². The number of carbonyl (C=O) groups is 2. The Hall–Kier alpha value is -0.900. The zero-order chi connectivity index (χ0) is 18.8. The minimum atomic E-state index is -1.95. The lowest BCUT2D eigenvalue weighted by Gasteiger charge is -2.29. The second-order valence-corrected chi connectivity index (χ2v) is 8.23. The van der Waals surface area contributed by atoms with Crippen molar-refractivity contribution in [3.05, 3.63) is 0 Å². The van der Waals surface area contributed by atoms with Gasteiger partial charge >= 0.3 is 5.97 Å². The van der Waals surface area contributed by atoms with Crippen LogP contribution in [0.3, 0.4) is 0 Å². The monoisotopic (exact) mass is 354 g/mol. The number of esters is 1. The van der Waals surface area contributed by atoms with E-state index in [1.807, 2.05) is 0 Å². The molecule has 0 amide bonds. The van der Waals surface area contributed by atoms with E-state index in [1.54, 1.807) is 13.8 Å². The Kier molecular flexibility index (Phi) is 9.70. The van der Waals surface area contributed by atoms with Crippen LogP contribution in [0.4, 0.5) is 0 Å². The fourth-order valence-corrected chi connectivity index (χ4v) is 3.53. The summed E-state index contributed by atoms with van der Waals surface area (Å²) in [5, 5.41) is 10.5. The molecule has 0 aromatic heterocycles. The molecule has 0 aromatic carbocycles. The number of hydrogen-bond acceptors (Lipinski definition) is 4. The first-order valence-electron chi connectivity index (χ1n) is 10.3. The topological polar surface area (TPSA) is 63.6 Å². The lowest BCUT2D eigenvalue weighted by atomic mass is 9.73. The van der Waals surface area contributed by atoms with Gasteiger partial charge in [-0.05, 0) is 6.42 Å². The van der Waals surface area contributed by atoms with E-state index in [0.29, 0.717) is 0 Å². The maximum atomic E-state index is 12.3. The maximum Gasteiger partial charge on any atom is 0.346 e. The summed E-state index contributed by atoms with van der Waals surface area (Å²) >= 11 is 0. The van der Waals surface area contributed by atoms with Gasteiger partial charge in [0.05, 0.1) is 0 Å². The summed E-state index contributed by atoms with van der Waals surface area (Å²) in [6.07, 6.45) is 15.0. The minimum Gasteiger partial charge on any atom is -0.462 e. The van der Waals surface area contributed by atoms with E-state index in [0.717, 1.165) is 19.3 Å². The average molecular weight is 355 g/mol. The highest BCUT2D eigenvalue weighted by Crippen LogP contribution is 2.39. The summed E-state index contributed by atoms with van der Waals surface area (Å²) in [6.45, 7) is 5.76. The average Bonchev–Trinajstić information content (AvgIpc) is 2.79. The van der Waals surface area contributed by atoms with Crippen molar-refractivity contribution >= 4 is 11.8 Å². The third-order valence-electron chi connectivity index (χ3n) is 5.50. The van der Waals surface area contributed by atoms with E-state index in [-0.39, 0.29) is 18.8 Å². The van der Waals surface area contributed by atoms with E-state index in [4.69, 9.17) is 4.74 Å². The van der Waals surface area contributed by atoms with Crippen molar-refractivity contribution in [1.82, 2.24) is 0 Å². The van der Waals surface area contributed by atoms with Gasteiger partial charge in [0.15, 0.2) is 5.78 Å². The number of ether oxygens (including phenoxy) is 1. The molecule has 146 valence electrons. The summed E-state index contributed by atoms with van der Waals surface area (Å²) in [6, 6.07) is 0.